The van der Waals surface area contributed by atoms with Gasteiger partial charge in [0.05, 0.1) is 7.11 Å². The van der Waals surface area contributed by atoms with E-state index in [0.717, 1.165) is 7.11 Å². The maximum Gasteiger partial charge on any atom is 0.421 e. The van der Waals surface area contributed by atoms with Crippen LogP contribution in [0.25, 0.3) is 0 Å². The van der Waals surface area contributed by atoms with Gasteiger partial charge in [0.15, 0.2) is 0 Å². The van der Waals surface area contributed by atoms with E-state index in [0.29, 0.717) is 0 Å². The lowest BCUT2D eigenvalue weighted by molar-refractivity contribution is 0.177. The summed E-state index contributed by atoms with van der Waals surface area (Å²) < 4.78 is 29.5. The summed E-state index contributed by atoms with van der Waals surface area (Å²) in [5.74, 6) is 2.24. The minimum atomic E-state index is -3.84. The number of amides is 1. The van der Waals surface area contributed by atoms with Crippen LogP contribution in [0.3, 0.4) is 0 Å². The van der Waals surface area contributed by atoms with Gasteiger partial charge < -0.3 is 4.74 Å². The fourth-order valence-corrected chi connectivity index (χ4v) is 1.19. The van der Waals surface area contributed by atoms with Crippen molar-refractivity contribution in [3.63, 3.8) is 0 Å². The van der Waals surface area contributed by atoms with Crippen LogP contribution in [0, 0.1) is 12.3 Å². The Morgan fingerprint density at radius 1 is 1.62 bits per heavy atom. The summed E-state index contributed by atoms with van der Waals surface area (Å²) in [5.41, 5.74) is 0. The summed E-state index contributed by atoms with van der Waals surface area (Å²) >= 11 is 0. The van der Waals surface area contributed by atoms with Crippen LogP contribution < -0.4 is 9.44 Å². The molecule has 0 rings (SSSR count). The van der Waals surface area contributed by atoms with E-state index >= 15 is 0 Å². The predicted octanol–water partition coefficient (Wildman–Crippen LogP) is -0.800. The normalized spacial score (nSPS) is 10.2. The van der Waals surface area contributed by atoms with Crippen molar-refractivity contribution in [3.8, 4) is 12.3 Å². The fourth-order valence-electron chi connectivity index (χ4n) is 0.445. The maximum absolute atomic E-state index is 10.9. The molecule has 0 aromatic heterocycles. The lowest BCUT2D eigenvalue weighted by Gasteiger charge is -2.04. The van der Waals surface area contributed by atoms with Gasteiger partial charge in [-0.3, -0.25) is 0 Å². The summed E-state index contributed by atoms with van der Waals surface area (Å²) in [4.78, 5) is 10.5. The van der Waals surface area contributed by atoms with Crippen molar-refractivity contribution >= 4 is 16.3 Å². The third kappa shape index (κ3) is 5.95. The molecule has 0 unspecified atom stereocenters. The van der Waals surface area contributed by atoms with Gasteiger partial charge in [-0.15, -0.1) is 12.3 Å². The van der Waals surface area contributed by atoms with E-state index in [2.05, 4.69) is 10.7 Å². The van der Waals surface area contributed by atoms with Crippen molar-refractivity contribution < 1.29 is 17.9 Å². The van der Waals surface area contributed by atoms with E-state index in [1.54, 1.807) is 4.72 Å². The number of carbonyl (C=O) groups excluding carboxylic acids is 1. The summed E-state index contributed by atoms with van der Waals surface area (Å²) in [6, 6.07) is 0. The van der Waals surface area contributed by atoms with Gasteiger partial charge in [-0.2, -0.15) is 13.1 Å². The minimum absolute atomic E-state index is 0.0722. The smallest absolute Gasteiger partial charge is 0.421 e. The molecule has 0 saturated heterocycles. The molecule has 0 saturated carbocycles. The topological polar surface area (TPSA) is 84.5 Å². The molecule has 0 aliphatic carbocycles. The molecule has 1 amide bonds. The summed E-state index contributed by atoms with van der Waals surface area (Å²) in [6.07, 6.45) is 4.09. The molecule has 0 aromatic carbocycles. The lowest BCUT2D eigenvalue weighted by atomic mass is 10.5. The number of methoxy groups -OCH3 is 1. The van der Waals surface area contributed by atoms with Crippen molar-refractivity contribution in [1.82, 2.24) is 9.44 Å². The molecule has 0 aliphatic heterocycles. The van der Waals surface area contributed by atoms with Crippen LogP contribution in [0.2, 0.25) is 0 Å². The molecule has 0 aromatic rings. The average Bonchev–Trinajstić information content (AvgIpc) is 2.03. The zero-order chi connectivity index (χ0) is 10.3. The number of ether oxygens (including phenoxy) is 1. The highest BCUT2D eigenvalue weighted by Gasteiger charge is 2.12. The number of hydrogen-bond donors (Lipinski definition) is 2. The summed E-state index contributed by atoms with van der Waals surface area (Å²) in [7, 11) is -2.77. The van der Waals surface area contributed by atoms with Gasteiger partial charge in [-0.05, 0) is 0 Å². The monoisotopic (exact) mass is 206 g/mol. The predicted molar refractivity (Wildman–Crippen MR) is 45.9 cm³/mol. The number of hydrogen-bond acceptors (Lipinski definition) is 4. The SMILES string of the molecule is C#CCCNS(=O)(=O)NC(=O)OC. The molecule has 0 heterocycles. The Balaban J connectivity index is 3.96. The molecule has 0 radical (unpaired) electrons. The highest BCUT2D eigenvalue weighted by molar-refractivity contribution is 7.88. The first-order valence-corrected chi connectivity index (χ1v) is 4.79. The molecule has 74 valence electrons. The molecule has 0 atom stereocenters. The molecule has 6 nitrogen and oxygen atoms in total. The Morgan fingerprint density at radius 2 is 2.23 bits per heavy atom. The first kappa shape index (κ1) is 11.7. The molecular formula is C6H10N2O4S. The Morgan fingerprint density at radius 3 is 2.69 bits per heavy atom. The fraction of sp³-hybridized carbons (Fsp3) is 0.500. The molecule has 0 fully saturated rings. The van der Waals surface area contributed by atoms with E-state index < -0.39 is 16.3 Å². The van der Waals surface area contributed by atoms with Crippen LogP contribution >= 0.6 is 0 Å². The molecule has 13 heavy (non-hydrogen) atoms. The number of rotatable bonds is 4. The van der Waals surface area contributed by atoms with Crippen LogP contribution in [-0.2, 0) is 14.9 Å². The lowest BCUT2D eigenvalue weighted by Crippen LogP contribution is -2.40. The van der Waals surface area contributed by atoms with E-state index in [1.165, 1.54) is 0 Å². The second-order valence-electron chi connectivity index (χ2n) is 1.95. The molecule has 2 N–H and O–H groups in total. The highest BCUT2D eigenvalue weighted by Crippen LogP contribution is 1.81. The van der Waals surface area contributed by atoms with Crippen LogP contribution in [0.5, 0.6) is 0 Å². The molecule has 7 heteroatoms. The second kappa shape index (κ2) is 5.40. The van der Waals surface area contributed by atoms with Crippen molar-refractivity contribution in [3.05, 3.63) is 0 Å². The first-order chi connectivity index (χ1) is 6.02. The standard InChI is InChI=1S/C6H10N2O4S/c1-3-4-5-7-13(10,11)8-6(9)12-2/h1,7H,4-5H2,2H3,(H,8,9). The molecule has 0 spiro atoms. The van der Waals surface area contributed by atoms with Gasteiger partial charge in [-0.25, -0.2) is 9.52 Å². The maximum atomic E-state index is 10.9. The van der Waals surface area contributed by atoms with Crippen LogP contribution in [0.4, 0.5) is 4.79 Å². The van der Waals surface area contributed by atoms with Crippen molar-refractivity contribution in [1.29, 1.82) is 0 Å². The number of carbonyl (C=O) groups is 1. The Labute approximate surface area is 76.8 Å². The number of nitrogens with one attached hydrogen (secondary N) is 2. The van der Waals surface area contributed by atoms with Gasteiger partial charge >= 0.3 is 16.3 Å². The Bertz CT molecular complexity index is 303. The quantitative estimate of drug-likeness (QED) is 0.466. The van der Waals surface area contributed by atoms with Gasteiger partial charge in [0, 0.05) is 13.0 Å². The summed E-state index contributed by atoms with van der Waals surface area (Å²) in [5, 5.41) is 0. The van der Waals surface area contributed by atoms with Gasteiger partial charge in [0.2, 0.25) is 0 Å². The van der Waals surface area contributed by atoms with E-state index in [-0.39, 0.29) is 13.0 Å². The van der Waals surface area contributed by atoms with E-state index in [1.807, 2.05) is 4.72 Å². The van der Waals surface area contributed by atoms with Crippen molar-refractivity contribution in [2.45, 2.75) is 6.42 Å². The van der Waals surface area contributed by atoms with Crippen LogP contribution in [0.15, 0.2) is 0 Å². The largest absolute Gasteiger partial charge is 0.452 e. The Kier molecular flexibility index (Phi) is 4.87. The number of terminal acetylenes is 1. The third-order valence-electron chi connectivity index (χ3n) is 0.965. The van der Waals surface area contributed by atoms with Crippen molar-refractivity contribution in [2.24, 2.45) is 0 Å². The minimum Gasteiger partial charge on any atom is -0.452 e. The van der Waals surface area contributed by atoms with Gasteiger partial charge in [0.1, 0.15) is 0 Å². The van der Waals surface area contributed by atoms with Crippen LogP contribution in [-0.4, -0.2) is 28.2 Å². The molecule has 0 bridgehead atoms. The molecular weight excluding hydrogens is 196 g/mol. The first-order valence-electron chi connectivity index (χ1n) is 3.30. The van der Waals surface area contributed by atoms with Crippen molar-refractivity contribution in [2.75, 3.05) is 13.7 Å². The summed E-state index contributed by atoms with van der Waals surface area (Å²) in [6.45, 7) is 0.0722. The third-order valence-corrected chi connectivity index (χ3v) is 1.98. The molecule has 0 aliphatic rings. The zero-order valence-corrected chi connectivity index (χ0v) is 7.85. The second-order valence-corrected chi connectivity index (χ2v) is 3.45. The van der Waals surface area contributed by atoms with E-state index in [9.17, 15) is 13.2 Å². The zero-order valence-electron chi connectivity index (χ0n) is 7.03. The average molecular weight is 206 g/mol. The van der Waals surface area contributed by atoms with Gasteiger partial charge in [0.25, 0.3) is 0 Å². The van der Waals surface area contributed by atoms with Gasteiger partial charge in [-0.1, -0.05) is 0 Å². The van der Waals surface area contributed by atoms with Crippen LogP contribution in [0.1, 0.15) is 6.42 Å². The Hall–Kier alpha value is -1.26. The highest BCUT2D eigenvalue weighted by atomic mass is 32.2. The van der Waals surface area contributed by atoms with E-state index in [4.69, 9.17) is 6.42 Å².